The summed E-state index contributed by atoms with van der Waals surface area (Å²) in [6.07, 6.45) is 1.05. The standard InChI is InChI=1S/C21H20F2N2O4/c1-26-16-9-14(10-17(27-2)19(16)28-3)18-11-24-20(29-18)13-4-5-15-12(8-13)6-7-25(15)21(22)23/h4-10,18,21H,11H2,1-3H3. The molecule has 1 unspecified atom stereocenters. The number of ether oxygens (including phenoxy) is 4. The Morgan fingerprint density at radius 1 is 1.03 bits per heavy atom. The van der Waals surface area contributed by atoms with Crippen LogP contribution >= 0.6 is 0 Å². The molecule has 3 aromatic rings. The summed E-state index contributed by atoms with van der Waals surface area (Å²) in [7, 11) is 4.66. The van der Waals surface area contributed by atoms with Crippen molar-refractivity contribution < 1.29 is 27.7 Å². The second kappa shape index (κ2) is 7.62. The Hall–Kier alpha value is -3.29. The van der Waals surface area contributed by atoms with Gasteiger partial charge in [0.1, 0.15) is 6.10 Å². The van der Waals surface area contributed by atoms with Gasteiger partial charge in [-0.1, -0.05) is 0 Å². The molecule has 0 saturated carbocycles. The zero-order valence-electron chi connectivity index (χ0n) is 16.2. The fraction of sp³-hybridized carbons (Fsp3) is 0.286. The molecule has 2 heterocycles. The highest BCUT2D eigenvalue weighted by Gasteiger charge is 2.26. The van der Waals surface area contributed by atoms with Gasteiger partial charge in [0.2, 0.25) is 11.6 Å². The fourth-order valence-electron chi connectivity index (χ4n) is 3.46. The summed E-state index contributed by atoms with van der Waals surface area (Å²) in [6, 6.07) is 10.5. The summed E-state index contributed by atoms with van der Waals surface area (Å²) < 4.78 is 49.2. The van der Waals surface area contributed by atoms with Crippen molar-refractivity contribution >= 4 is 16.8 Å². The number of hydrogen-bond donors (Lipinski definition) is 0. The van der Waals surface area contributed by atoms with E-state index in [1.807, 2.05) is 12.1 Å². The maximum absolute atomic E-state index is 13.0. The van der Waals surface area contributed by atoms with E-state index in [-0.39, 0.29) is 6.10 Å². The summed E-state index contributed by atoms with van der Waals surface area (Å²) in [6.45, 7) is -2.16. The molecule has 1 atom stereocenters. The molecule has 6 nitrogen and oxygen atoms in total. The van der Waals surface area contributed by atoms with Crippen LogP contribution in [-0.4, -0.2) is 38.3 Å². The summed E-state index contributed by atoms with van der Waals surface area (Å²) in [5.74, 6) is 2.05. The highest BCUT2D eigenvalue weighted by molar-refractivity contribution is 5.99. The minimum atomic E-state index is -2.58. The molecule has 152 valence electrons. The van der Waals surface area contributed by atoms with E-state index in [1.165, 1.54) is 6.20 Å². The number of methoxy groups -OCH3 is 3. The Morgan fingerprint density at radius 2 is 1.76 bits per heavy atom. The lowest BCUT2D eigenvalue weighted by atomic mass is 10.1. The maximum atomic E-state index is 13.0. The third kappa shape index (κ3) is 3.35. The fourth-order valence-corrected chi connectivity index (χ4v) is 3.46. The van der Waals surface area contributed by atoms with Crippen LogP contribution in [-0.2, 0) is 4.74 Å². The minimum absolute atomic E-state index is 0.319. The number of fused-ring (bicyclic) bond motifs is 1. The first-order chi connectivity index (χ1) is 14.0. The number of hydrogen-bond acceptors (Lipinski definition) is 5. The van der Waals surface area contributed by atoms with Crippen molar-refractivity contribution in [2.75, 3.05) is 27.9 Å². The van der Waals surface area contributed by atoms with Gasteiger partial charge in [-0.2, -0.15) is 8.78 Å². The van der Waals surface area contributed by atoms with Gasteiger partial charge >= 0.3 is 6.55 Å². The highest BCUT2D eigenvalue weighted by atomic mass is 19.3. The van der Waals surface area contributed by atoms with Gasteiger partial charge in [-0.05, 0) is 36.4 Å². The SMILES string of the molecule is COc1cc(C2CN=C(c3ccc4c(ccn4C(F)F)c3)O2)cc(OC)c1OC. The molecule has 0 aliphatic carbocycles. The Morgan fingerprint density at radius 3 is 2.38 bits per heavy atom. The van der Waals surface area contributed by atoms with E-state index in [2.05, 4.69) is 4.99 Å². The molecule has 1 aliphatic heterocycles. The van der Waals surface area contributed by atoms with Crippen LogP contribution in [0.1, 0.15) is 23.8 Å². The number of alkyl halides is 2. The number of aromatic nitrogens is 1. The predicted molar refractivity (Wildman–Crippen MR) is 105 cm³/mol. The van der Waals surface area contributed by atoms with Gasteiger partial charge < -0.3 is 18.9 Å². The first kappa shape index (κ1) is 19.0. The van der Waals surface area contributed by atoms with Crippen molar-refractivity contribution in [3.8, 4) is 17.2 Å². The summed E-state index contributed by atoms with van der Waals surface area (Å²) in [4.78, 5) is 4.49. The van der Waals surface area contributed by atoms with Crippen molar-refractivity contribution in [2.24, 2.45) is 4.99 Å². The third-order valence-corrected chi connectivity index (χ3v) is 4.89. The molecule has 8 heteroatoms. The molecule has 0 bridgehead atoms. The van der Waals surface area contributed by atoms with Crippen LogP contribution in [0.3, 0.4) is 0 Å². The summed E-state index contributed by atoms with van der Waals surface area (Å²) in [5, 5.41) is 0.699. The van der Waals surface area contributed by atoms with E-state index in [0.717, 1.165) is 15.7 Å². The van der Waals surface area contributed by atoms with Crippen LogP contribution in [0.25, 0.3) is 10.9 Å². The molecule has 0 radical (unpaired) electrons. The van der Waals surface area contributed by atoms with Crippen LogP contribution in [0.5, 0.6) is 17.2 Å². The molecule has 2 aromatic carbocycles. The molecule has 4 rings (SSSR count). The van der Waals surface area contributed by atoms with Crippen LogP contribution in [0, 0.1) is 0 Å². The van der Waals surface area contributed by atoms with Crippen molar-refractivity contribution in [1.29, 1.82) is 0 Å². The Bertz CT molecular complexity index is 1050. The third-order valence-electron chi connectivity index (χ3n) is 4.89. The number of nitrogens with zero attached hydrogens (tertiary/aromatic N) is 2. The molecule has 0 N–H and O–H groups in total. The van der Waals surface area contributed by atoms with Crippen molar-refractivity contribution in [3.63, 3.8) is 0 Å². The van der Waals surface area contributed by atoms with Gasteiger partial charge in [0.25, 0.3) is 0 Å². The highest BCUT2D eigenvalue weighted by Crippen LogP contribution is 2.41. The second-order valence-corrected chi connectivity index (χ2v) is 6.49. The topological polar surface area (TPSA) is 54.2 Å². The number of rotatable bonds is 6. The number of aliphatic imine (C=N–C) groups is 1. The van der Waals surface area contributed by atoms with Gasteiger partial charge in [-0.3, -0.25) is 4.57 Å². The lowest BCUT2D eigenvalue weighted by Crippen LogP contribution is -2.07. The number of halogens is 2. The zero-order valence-corrected chi connectivity index (χ0v) is 16.2. The molecule has 0 spiro atoms. The molecular weight excluding hydrogens is 382 g/mol. The van der Waals surface area contributed by atoms with E-state index < -0.39 is 6.55 Å². The molecule has 0 saturated heterocycles. The van der Waals surface area contributed by atoms with Crippen molar-refractivity contribution in [1.82, 2.24) is 4.57 Å². The summed E-state index contributed by atoms with van der Waals surface area (Å²) in [5.41, 5.74) is 2.03. The van der Waals surface area contributed by atoms with Crippen molar-refractivity contribution in [3.05, 3.63) is 53.7 Å². The lowest BCUT2D eigenvalue weighted by Gasteiger charge is -2.17. The van der Waals surface area contributed by atoms with Gasteiger partial charge in [0.15, 0.2) is 11.5 Å². The van der Waals surface area contributed by atoms with Crippen LogP contribution < -0.4 is 14.2 Å². The molecule has 1 aliphatic rings. The van der Waals surface area contributed by atoms with Crippen molar-refractivity contribution in [2.45, 2.75) is 12.7 Å². The molecule has 29 heavy (non-hydrogen) atoms. The predicted octanol–water partition coefficient (Wildman–Crippen LogP) is 4.58. The lowest BCUT2D eigenvalue weighted by molar-refractivity contribution is 0.0752. The molecule has 0 amide bonds. The van der Waals surface area contributed by atoms with Gasteiger partial charge in [0, 0.05) is 22.7 Å². The van der Waals surface area contributed by atoms with E-state index in [0.29, 0.717) is 40.6 Å². The second-order valence-electron chi connectivity index (χ2n) is 6.49. The Kier molecular flexibility index (Phi) is 5.00. The molecular formula is C21H20F2N2O4. The minimum Gasteiger partial charge on any atom is -0.493 e. The van der Waals surface area contributed by atoms with Gasteiger partial charge in [-0.15, -0.1) is 0 Å². The van der Waals surface area contributed by atoms with Crippen LogP contribution in [0.2, 0.25) is 0 Å². The van der Waals surface area contributed by atoms with Gasteiger partial charge in [0.05, 0.1) is 33.4 Å². The molecule has 0 fully saturated rings. The Balaban J connectivity index is 1.60. The van der Waals surface area contributed by atoms with E-state index in [9.17, 15) is 8.78 Å². The summed E-state index contributed by atoms with van der Waals surface area (Å²) >= 11 is 0. The monoisotopic (exact) mass is 402 g/mol. The first-order valence-electron chi connectivity index (χ1n) is 8.95. The van der Waals surface area contributed by atoms with Gasteiger partial charge in [-0.25, -0.2) is 4.99 Å². The Labute approximate surface area is 166 Å². The largest absolute Gasteiger partial charge is 0.493 e. The first-order valence-corrected chi connectivity index (χ1v) is 8.95. The molecule has 1 aromatic heterocycles. The van der Waals surface area contributed by atoms with Crippen LogP contribution in [0.15, 0.2) is 47.6 Å². The maximum Gasteiger partial charge on any atom is 0.319 e. The van der Waals surface area contributed by atoms with E-state index >= 15 is 0 Å². The van der Waals surface area contributed by atoms with E-state index in [1.54, 1.807) is 45.6 Å². The normalized spacial score (nSPS) is 16.1. The zero-order chi connectivity index (χ0) is 20.5. The van der Waals surface area contributed by atoms with E-state index in [4.69, 9.17) is 18.9 Å². The number of benzene rings is 2. The van der Waals surface area contributed by atoms with Crippen LogP contribution in [0.4, 0.5) is 8.78 Å². The smallest absolute Gasteiger partial charge is 0.319 e. The average Bonchev–Trinajstić information content (AvgIpc) is 3.39. The average molecular weight is 402 g/mol. The quantitative estimate of drug-likeness (QED) is 0.606.